The second kappa shape index (κ2) is 6.35. The van der Waals surface area contributed by atoms with E-state index in [0.29, 0.717) is 24.9 Å². The summed E-state index contributed by atoms with van der Waals surface area (Å²) in [6.07, 6.45) is 1.10. The molecule has 1 fully saturated rings. The van der Waals surface area contributed by atoms with Crippen molar-refractivity contribution in [3.63, 3.8) is 0 Å². The summed E-state index contributed by atoms with van der Waals surface area (Å²) in [5, 5.41) is 12.0. The van der Waals surface area contributed by atoms with Crippen LogP contribution in [-0.4, -0.2) is 35.1 Å². The van der Waals surface area contributed by atoms with Crippen LogP contribution in [0.1, 0.15) is 30.6 Å². The minimum atomic E-state index is -1.16. The fourth-order valence-corrected chi connectivity index (χ4v) is 3.12. The van der Waals surface area contributed by atoms with Crippen molar-refractivity contribution in [1.29, 1.82) is 0 Å². The number of halogens is 1. The van der Waals surface area contributed by atoms with Gasteiger partial charge in [0.25, 0.3) is 0 Å². The average molecular weight is 311 g/mol. The number of benzene rings is 1. The molecule has 21 heavy (non-hydrogen) atoms. The Morgan fingerprint density at radius 1 is 1.29 bits per heavy atom. The molecule has 1 saturated heterocycles. The van der Waals surface area contributed by atoms with Crippen LogP contribution in [0.4, 0.5) is 10.5 Å². The first kappa shape index (κ1) is 15.6. The van der Waals surface area contributed by atoms with Gasteiger partial charge in [-0.05, 0) is 30.4 Å². The van der Waals surface area contributed by atoms with Gasteiger partial charge in [0.1, 0.15) is 5.56 Å². The third-order valence-corrected chi connectivity index (χ3v) is 3.94. The van der Waals surface area contributed by atoms with Crippen LogP contribution >= 0.6 is 11.6 Å². The van der Waals surface area contributed by atoms with E-state index in [-0.39, 0.29) is 22.3 Å². The Hall–Kier alpha value is -1.75. The van der Waals surface area contributed by atoms with Crippen molar-refractivity contribution >= 4 is 29.3 Å². The van der Waals surface area contributed by atoms with Crippen molar-refractivity contribution in [3.05, 3.63) is 28.8 Å². The lowest BCUT2D eigenvalue weighted by Crippen LogP contribution is -2.44. The van der Waals surface area contributed by atoms with E-state index in [1.54, 1.807) is 17.0 Å². The molecule has 6 heteroatoms. The Bertz CT molecular complexity index is 552. The molecule has 0 bridgehead atoms. The minimum Gasteiger partial charge on any atom is -0.478 e. The van der Waals surface area contributed by atoms with E-state index in [0.717, 1.165) is 6.42 Å². The first-order valence-electron chi connectivity index (χ1n) is 6.96. The van der Waals surface area contributed by atoms with E-state index in [1.807, 2.05) is 0 Å². The van der Waals surface area contributed by atoms with E-state index < -0.39 is 5.97 Å². The van der Waals surface area contributed by atoms with Crippen molar-refractivity contribution in [2.45, 2.75) is 20.3 Å². The van der Waals surface area contributed by atoms with Crippen LogP contribution in [0.3, 0.4) is 0 Å². The molecular formula is C15H19ClN2O3. The first-order chi connectivity index (χ1) is 9.88. The van der Waals surface area contributed by atoms with Crippen LogP contribution in [-0.2, 0) is 0 Å². The van der Waals surface area contributed by atoms with E-state index in [4.69, 9.17) is 11.6 Å². The summed E-state index contributed by atoms with van der Waals surface area (Å²) in [5.74, 6) is -0.271. The molecule has 1 aromatic rings. The van der Waals surface area contributed by atoms with Gasteiger partial charge in [0.2, 0.25) is 0 Å². The number of aromatic carboxylic acids is 1. The quantitative estimate of drug-likeness (QED) is 0.877. The molecule has 2 rings (SSSR count). The monoisotopic (exact) mass is 310 g/mol. The fraction of sp³-hybridized carbons (Fsp3) is 0.467. The molecule has 0 spiro atoms. The smallest absolute Gasteiger partial charge is 0.339 e. The number of urea groups is 1. The maximum atomic E-state index is 12.3. The summed E-state index contributed by atoms with van der Waals surface area (Å²) in [6, 6.07) is 4.37. The number of amides is 2. The van der Waals surface area contributed by atoms with Gasteiger partial charge in [-0.3, -0.25) is 0 Å². The topological polar surface area (TPSA) is 69.6 Å². The third kappa shape index (κ3) is 3.67. The predicted molar refractivity (Wildman–Crippen MR) is 81.9 cm³/mol. The molecule has 1 aliphatic heterocycles. The number of carbonyl (C=O) groups is 2. The maximum absolute atomic E-state index is 12.3. The van der Waals surface area contributed by atoms with E-state index in [9.17, 15) is 14.7 Å². The van der Waals surface area contributed by atoms with Gasteiger partial charge in [0.15, 0.2) is 0 Å². The lowest BCUT2D eigenvalue weighted by Gasteiger charge is -2.35. The van der Waals surface area contributed by atoms with E-state index in [1.165, 1.54) is 6.07 Å². The summed E-state index contributed by atoms with van der Waals surface area (Å²) in [6.45, 7) is 5.58. The highest BCUT2D eigenvalue weighted by Gasteiger charge is 2.26. The fourth-order valence-electron chi connectivity index (χ4n) is 2.87. The molecule has 2 amide bonds. The van der Waals surface area contributed by atoms with Gasteiger partial charge < -0.3 is 15.3 Å². The zero-order chi connectivity index (χ0) is 15.6. The zero-order valence-corrected chi connectivity index (χ0v) is 12.9. The molecule has 0 aliphatic carbocycles. The molecule has 1 aliphatic rings. The van der Waals surface area contributed by atoms with Crippen LogP contribution < -0.4 is 5.32 Å². The lowest BCUT2D eigenvalue weighted by atomic mass is 9.92. The van der Waals surface area contributed by atoms with E-state index in [2.05, 4.69) is 19.2 Å². The summed E-state index contributed by atoms with van der Waals surface area (Å²) in [7, 11) is 0. The normalized spacial score (nSPS) is 22.0. The zero-order valence-electron chi connectivity index (χ0n) is 12.1. The van der Waals surface area contributed by atoms with Crippen LogP contribution in [0.5, 0.6) is 0 Å². The number of hydrogen-bond donors (Lipinski definition) is 2. The Balaban J connectivity index is 2.16. The maximum Gasteiger partial charge on any atom is 0.339 e. The Morgan fingerprint density at radius 2 is 1.90 bits per heavy atom. The van der Waals surface area contributed by atoms with Crippen molar-refractivity contribution in [2.24, 2.45) is 11.8 Å². The van der Waals surface area contributed by atoms with Gasteiger partial charge in [-0.15, -0.1) is 0 Å². The second-order valence-electron chi connectivity index (χ2n) is 5.75. The number of rotatable bonds is 2. The highest BCUT2D eigenvalue weighted by Crippen LogP contribution is 2.26. The van der Waals surface area contributed by atoms with Crippen molar-refractivity contribution in [1.82, 2.24) is 4.90 Å². The predicted octanol–water partition coefficient (Wildman–Crippen LogP) is 3.55. The van der Waals surface area contributed by atoms with Crippen LogP contribution in [0, 0.1) is 11.8 Å². The standard InChI is InChI=1S/C15H19ClN2O3/c1-9-6-10(2)8-18(7-9)15(21)17-12-5-3-4-11(16)13(12)14(19)20/h3-5,9-10H,6-8H2,1-2H3,(H,17,21)(H,19,20). The molecule has 0 radical (unpaired) electrons. The molecule has 2 atom stereocenters. The summed E-state index contributed by atoms with van der Waals surface area (Å²) >= 11 is 5.89. The molecule has 0 saturated carbocycles. The summed E-state index contributed by atoms with van der Waals surface area (Å²) < 4.78 is 0. The number of carboxylic acids is 1. The Labute approximate surface area is 128 Å². The third-order valence-electron chi connectivity index (χ3n) is 3.63. The molecule has 114 valence electrons. The highest BCUT2D eigenvalue weighted by atomic mass is 35.5. The molecule has 2 unspecified atom stereocenters. The van der Waals surface area contributed by atoms with Crippen molar-refractivity contribution in [2.75, 3.05) is 18.4 Å². The highest BCUT2D eigenvalue weighted by molar-refractivity contribution is 6.34. The minimum absolute atomic E-state index is 0.0781. The summed E-state index contributed by atoms with van der Waals surface area (Å²) in [5.41, 5.74) is 0.150. The molecular weight excluding hydrogens is 292 g/mol. The second-order valence-corrected chi connectivity index (χ2v) is 6.16. The molecule has 0 aromatic heterocycles. The van der Waals surface area contributed by atoms with Crippen molar-refractivity contribution in [3.8, 4) is 0 Å². The number of anilines is 1. The molecule has 1 heterocycles. The molecule has 5 nitrogen and oxygen atoms in total. The van der Waals surface area contributed by atoms with Crippen LogP contribution in [0.15, 0.2) is 18.2 Å². The molecule has 2 N–H and O–H groups in total. The van der Waals surface area contributed by atoms with Gasteiger partial charge in [-0.2, -0.15) is 0 Å². The number of nitrogens with zero attached hydrogens (tertiary/aromatic N) is 1. The van der Waals surface area contributed by atoms with Gasteiger partial charge >= 0.3 is 12.0 Å². The largest absolute Gasteiger partial charge is 0.478 e. The van der Waals surface area contributed by atoms with Gasteiger partial charge in [0.05, 0.1) is 10.7 Å². The first-order valence-corrected chi connectivity index (χ1v) is 7.34. The number of piperidine rings is 1. The average Bonchev–Trinajstić information content (AvgIpc) is 2.37. The number of hydrogen-bond acceptors (Lipinski definition) is 2. The number of carboxylic acid groups (broad SMARTS) is 1. The lowest BCUT2D eigenvalue weighted by molar-refractivity contribution is 0.0698. The Morgan fingerprint density at radius 3 is 2.48 bits per heavy atom. The van der Waals surface area contributed by atoms with Gasteiger partial charge in [0, 0.05) is 13.1 Å². The Kier molecular flexibility index (Phi) is 4.73. The number of carbonyl (C=O) groups excluding carboxylic acids is 1. The molecule has 1 aromatic carbocycles. The van der Waals surface area contributed by atoms with Gasteiger partial charge in [-0.1, -0.05) is 31.5 Å². The summed E-state index contributed by atoms with van der Waals surface area (Å²) in [4.78, 5) is 25.3. The van der Waals surface area contributed by atoms with Crippen LogP contribution in [0.25, 0.3) is 0 Å². The van der Waals surface area contributed by atoms with E-state index >= 15 is 0 Å². The van der Waals surface area contributed by atoms with Gasteiger partial charge in [-0.25, -0.2) is 9.59 Å². The number of likely N-dealkylation sites (tertiary alicyclic amines) is 1. The van der Waals surface area contributed by atoms with Crippen LogP contribution in [0.2, 0.25) is 5.02 Å². The van der Waals surface area contributed by atoms with Crippen molar-refractivity contribution < 1.29 is 14.7 Å². The number of nitrogens with one attached hydrogen (secondary N) is 1. The SMILES string of the molecule is CC1CC(C)CN(C(=O)Nc2cccc(Cl)c2C(=O)O)C1.